The molecule has 0 unspecified atom stereocenters. The molecule has 2 aromatic rings. The van der Waals surface area contributed by atoms with Gasteiger partial charge in [-0.25, -0.2) is 4.98 Å². The highest BCUT2D eigenvalue weighted by Gasteiger charge is 2.14. The zero-order valence-corrected chi connectivity index (χ0v) is 13.7. The molecule has 1 atom stereocenters. The number of rotatable bonds is 7. The fourth-order valence-corrected chi connectivity index (χ4v) is 3.03. The Bertz CT molecular complexity index is 616. The minimum Gasteiger partial charge on any atom is -0.364 e. The van der Waals surface area contributed by atoms with Crippen molar-refractivity contribution in [2.24, 2.45) is 0 Å². The van der Waals surface area contributed by atoms with Crippen LogP contribution in [0.25, 0.3) is 10.2 Å². The van der Waals surface area contributed by atoms with Gasteiger partial charge >= 0.3 is 0 Å². The first-order valence-electron chi connectivity index (χ1n) is 7.02. The Labute approximate surface area is 133 Å². The summed E-state index contributed by atoms with van der Waals surface area (Å²) in [6, 6.07) is 2.05. The van der Waals surface area contributed by atoms with Gasteiger partial charge in [0.1, 0.15) is 5.82 Å². The number of amides is 1. The zero-order chi connectivity index (χ0) is 15.2. The van der Waals surface area contributed by atoms with Crippen molar-refractivity contribution in [1.29, 1.82) is 0 Å². The van der Waals surface area contributed by atoms with Crippen molar-refractivity contribution in [2.75, 3.05) is 11.9 Å². The molecule has 7 heteroatoms. The van der Waals surface area contributed by atoms with E-state index in [4.69, 9.17) is 11.6 Å². The van der Waals surface area contributed by atoms with Crippen LogP contribution in [0.4, 0.5) is 5.82 Å². The van der Waals surface area contributed by atoms with Crippen LogP contribution in [0, 0.1) is 0 Å². The van der Waals surface area contributed by atoms with E-state index in [1.54, 1.807) is 11.3 Å². The van der Waals surface area contributed by atoms with Crippen LogP contribution in [0.15, 0.2) is 11.4 Å². The van der Waals surface area contributed by atoms with Crippen LogP contribution in [0.2, 0.25) is 5.28 Å². The van der Waals surface area contributed by atoms with Gasteiger partial charge in [-0.15, -0.1) is 11.3 Å². The summed E-state index contributed by atoms with van der Waals surface area (Å²) in [6.45, 7) is 4.24. The molecule has 2 aromatic heterocycles. The lowest BCUT2D eigenvalue weighted by Crippen LogP contribution is -2.35. The molecule has 2 N–H and O–H groups in total. The van der Waals surface area contributed by atoms with E-state index < -0.39 is 0 Å². The normalized spacial score (nSPS) is 12.3. The van der Waals surface area contributed by atoms with Gasteiger partial charge in [0.2, 0.25) is 11.2 Å². The van der Waals surface area contributed by atoms with E-state index in [9.17, 15) is 4.79 Å². The lowest BCUT2D eigenvalue weighted by Gasteiger charge is -2.19. The minimum atomic E-state index is -0.0275. The molecule has 21 heavy (non-hydrogen) atoms. The summed E-state index contributed by atoms with van der Waals surface area (Å²) in [5, 5.41) is 8.46. The summed E-state index contributed by atoms with van der Waals surface area (Å²) >= 11 is 7.55. The van der Waals surface area contributed by atoms with Crippen molar-refractivity contribution in [1.82, 2.24) is 15.3 Å². The molecule has 0 fully saturated rings. The lowest BCUT2D eigenvalue weighted by molar-refractivity contribution is -0.119. The van der Waals surface area contributed by atoms with Crippen molar-refractivity contribution < 1.29 is 4.79 Å². The first kappa shape index (κ1) is 16.0. The SMILES string of the molecule is CCCC[C@H](CNC(C)=O)Nc1nc(Cl)nc2ccsc12. The molecule has 0 saturated heterocycles. The summed E-state index contributed by atoms with van der Waals surface area (Å²) < 4.78 is 0.990. The molecular formula is C14H19ClN4OS. The molecule has 5 nitrogen and oxygen atoms in total. The van der Waals surface area contributed by atoms with Crippen LogP contribution in [0.3, 0.4) is 0 Å². The van der Waals surface area contributed by atoms with Gasteiger partial charge in [-0.2, -0.15) is 4.98 Å². The Morgan fingerprint density at radius 3 is 3.00 bits per heavy atom. The molecular weight excluding hydrogens is 308 g/mol. The Morgan fingerprint density at radius 1 is 1.48 bits per heavy atom. The third-order valence-electron chi connectivity index (χ3n) is 3.12. The first-order chi connectivity index (χ1) is 10.1. The van der Waals surface area contributed by atoms with Crippen molar-refractivity contribution in [2.45, 2.75) is 39.2 Å². The topological polar surface area (TPSA) is 66.9 Å². The van der Waals surface area contributed by atoms with E-state index in [0.717, 1.165) is 35.3 Å². The van der Waals surface area contributed by atoms with E-state index in [-0.39, 0.29) is 17.2 Å². The molecule has 0 aliphatic heterocycles. The maximum Gasteiger partial charge on any atom is 0.224 e. The highest BCUT2D eigenvalue weighted by Crippen LogP contribution is 2.28. The van der Waals surface area contributed by atoms with Gasteiger partial charge < -0.3 is 10.6 Å². The summed E-state index contributed by atoms with van der Waals surface area (Å²) in [7, 11) is 0. The summed E-state index contributed by atoms with van der Waals surface area (Å²) in [5.41, 5.74) is 0.844. The maximum atomic E-state index is 11.1. The number of aromatic nitrogens is 2. The van der Waals surface area contributed by atoms with Crippen LogP contribution in [-0.2, 0) is 4.79 Å². The molecule has 0 spiro atoms. The molecule has 0 aliphatic rings. The van der Waals surface area contributed by atoms with Crippen molar-refractivity contribution in [3.8, 4) is 0 Å². The van der Waals surface area contributed by atoms with E-state index in [2.05, 4.69) is 27.5 Å². The molecule has 0 aliphatic carbocycles. The van der Waals surface area contributed by atoms with Crippen LogP contribution in [0.5, 0.6) is 0 Å². The molecule has 0 saturated carbocycles. The van der Waals surface area contributed by atoms with Gasteiger partial charge in [-0.3, -0.25) is 4.79 Å². The van der Waals surface area contributed by atoms with Crippen LogP contribution < -0.4 is 10.6 Å². The highest BCUT2D eigenvalue weighted by atomic mass is 35.5. The molecule has 0 radical (unpaired) electrons. The molecule has 2 heterocycles. The average molecular weight is 327 g/mol. The Hall–Kier alpha value is -1.40. The quantitative estimate of drug-likeness (QED) is 0.765. The predicted molar refractivity (Wildman–Crippen MR) is 88.0 cm³/mol. The lowest BCUT2D eigenvalue weighted by atomic mass is 10.1. The minimum absolute atomic E-state index is 0.0275. The van der Waals surface area contributed by atoms with Crippen molar-refractivity contribution >= 4 is 44.9 Å². The number of carbonyl (C=O) groups excluding carboxylic acids is 1. The largest absolute Gasteiger partial charge is 0.364 e. The monoisotopic (exact) mass is 326 g/mol. The zero-order valence-electron chi connectivity index (χ0n) is 12.1. The van der Waals surface area contributed by atoms with Gasteiger partial charge in [0.15, 0.2) is 0 Å². The summed E-state index contributed by atoms with van der Waals surface area (Å²) in [6.07, 6.45) is 3.16. The number of halogens is 1. The van der Waals surface area contributed by atoms with Gasteiger partial charge in [-0.05, 0) is 29.5 Å². The van der Waals surface area contributed by atoms with Crippen LogP contribution >= 0.6 is 22.9 Å². The fraction of sp³-hybridized carbons (Fsp3) is 0.500. The second-order valence-corrected chi connectivity index (χ2v) is 6.15. The summed E-state index contributed by atoms with van der Waals surface area (Å²) in [5.74, 6) is 0.715. The number of nitrogens with one attached hydrogen (secondary N) is 2. The molecule has 114 valence electrons. The molecule has 2 rings (SSSR count). The fourth-order valence-electron chi connectivity index (χ4n) is 2.07. The van der Waals surface area contributed by atoms with Gasteiger partial charge in [-0.1, -0.05) is 19.8 Å². The number of unbranched alkanes of at least 4 members (excludes halogenated alkanes) is 1. The number of anilines is 1. The predicted octanol–water partition coefficient (Wildman–Crippen LogP) is 3.45. The maximum absolute atomic E-state index is 11.1. The third-order valence-corrected chi connectivity index (χ3v) is 4.20. The van der Waals surface area contributed by atoms with E-state index in [1.165, 1.54) is 6.92 Å². The van der Waals surface area contributed by atoms with Crippen LogP contribution in [0.1, 0.15) is 33.1 Å². The second kappa shape index (κ2) is 7.56. The summed E-state index contributed by atoms with van der Waals surface area (Å²) in [4.78, 5) is 19.6. The number of hydrogen-bond donors (Lipinski definition) is 2. The standard InChI is InChI=1S/C14H19ClN4OS/c1-3-4-5-10(8-16-9(2)20)17-13-12-11(6-7-21-12)18-14(15)19-13/h6-7,10H,3-5,8H2,1-2H3,(H,16,20)(H,17,18,19)/t10-/m1/s1. The molecule has 0 aromatic carbocycles. The second-order valence-electron chi connectivity index (χ2n) is 4.90. The average Bonchev–Trinajstić information content (AvgIpc) is 2.89. The Morgan fingerprint density at radius 2 is 2.29 bits per heavy atom. The Kier molecular flexibility index (Phi) is 5.76. The van der Waals surface area contributed by atoms with Crippen LogP contribution in [-0.4, -0.2) is 28.5 Å². The first-order valence-corrected chi connectivity index (χ1v) is 8.27. The van der Waals surface area contributed by atoms with E-state index in [1.807, 2.05) is 11.4 Å². The Balaban J connectivity index is 2.16. The smallest absolute Gasteiger partial charge is 0.224 e. The molecule has 0 bridgehead atoms. The highest BCUT2D eigenvalue weighted by molar-refractivity contribution is 7.17. The third kappa shape index (κ3) is 4.54. The number of thiophene rings is 1. The van der Waals surface area contributed by atoms with Crippen molar-refractivity contribution in [3.63, 3.8) is 0 Å². The van der Waals surface area contributed by atoms with Gasteiger partial charge in [0.05, 0.1) is 10.2 Å². The van der Waals surface area contributed by atoms with Gasteiger partial charge in [0, 0.05) is 19.5 Å². The van der Waals surface area contributed by atoms with E-state index in [0.29, 0.717) is 6.54 Å². The number of fused-ring (bicyclic) bond motifs is 1. The van der Waals surface area contributed by atoms with Gasteiger partial charge in [0.25, 0.3) is 0 Å². The number of carbonyl (C=O) groups is 1. The molecule has 1 amide bonds. The van der Waals surface area contributed by atoms with Crippen molar-refractivity contribution in [3.05, 3.63) is 16.7 Å². The number of nitrogens with zero attached hydrogens (tertiary/aromatic N) is 2. The van der Waals surface area contributed by atoms with E-state index >= 15 is 0 Å². The number of hydrogen-bond acceptors (Lipinski definition) is 5.